The summed E-state index contributed by atoms with van der Waals surface area (Å²) in [4.78, 5) is 16.7. The van der Waals surface area contributed by atoms with E-state index in [2.05, 4.69) is 9.84 Å². The number of hydrogen-bond acceptors (Lipinski definition) is 3. The molecule has 0 aliphatic carbocycles. The molecule has 3 N–H and O–H groups in total. The summed E-state index contributed by atoms with van der Waals surface area (Å²) < 4.78 is 14.5. The van der Waals surface area contributed by atoms with Crippen molar-refractivity contribution in [3.05, 3.63) is 24.1 Å². The van der Waals surface area contributed by atoms with E-state index < -0.39 is 7.82 Å². The van der Waals surface area contributed by atoms with Crippen molar-refractivity contribution in [2.24, 2.45) is 0 Å². The number of rotatable bonds is 2. The molecular formula is C5H8NO4P. The van der Waals surface area contributed by atoms with Gasteiger partial charge >= 0.3 is 7.82 Å². The lowest BCUT2D eigenvalue weighted by molar-refractivity contribution is 0.246. The maximum atomic E-state index is 10.3. The van der Waals surface area contributed by atoms with Crippen LogP contribution >= 0.6 is 7.82 Å². The van der Waals surface area contributed by atoms with E-state index in [1.54, 1.807) is 6.08 Å². The van der Waals surface area contributed by atoms with Crippen molar-refractivity contribution in [1.29, 1.82) is 0 Å². The first-order valence-corrected chi connectivity index (χ1v) is 4.46. The largest absolute Gasteiger partial charge is 0.524 e. The Balaban J connectivity index is 2.56. The Labute approximate surface area is 63.6 Å². The molecule has 5 nitrogen and oxygen atoms in total. The zero-order valence-corrected chi connectivity index (χ0v) is 6.49. The molecule has 0 unspecified atom stereocenters. The molecule has 0 bridgehead atoms. The van der Waals surface area contributed by atoms with Crippen LogP contribution in [0.15, 0.2) is 24.1 Å². The van der Waals surface area contributed by atoms with Crippen LogP contribution in [0.1, 0.15) is 0 Å². The minimum Gasteiger partial charge on any atom is -0.403 e. The molecule has 1 rings (SSSR count). The van der Waals surface area contributed by atoms with E-state index in [1.165, 1.54) is 12.3 Å². The Hall–Kier alpha value is -0.770. The molecule has 0 saturated heterocycles. The fourth-order valence-electron chi connectivity index (χ4n) is 0.645. The first kappa shape index (κ1) is 8.33. The number of phosphoric ester groups is 1. The Bertz CT molecular complexity index is 241. The van der Waals surface area contributed by atoms with Gasteiger partial charge in [0.05, 0.1) is 0 Å². The summed E-state index contributed by atoms with van der Waals surface area (Å²) in [6.45, 7) is 0.647. The Morgan fingerprint density at radius 2 is 2.36 bits per heavy atom. The third-order valence-corrected chi connectivity index (χ3v) is 1.44. The van der Waals surface area contributed by atoms with Crippen molar-refractivity contribution in [3.63, 3.8) is 0 Å². The first-order chi connectivity index (χ1) is 5.08. The van der Waals surface area contributed by atoms with E-state index in [4.69, 9.17) is 9.79 Å². The normalized spacial score (nSPS) is 17.1. The van der Waals surface area contributed by atoms with E-state index in [9.17, 15) is 4.57 Å². The van der Waals surface area contributed by atoms with Crippen molar-refractivity contribution >= 4 is 7.82 Å². The lowest BCUT2D eigenvalue weighted by Gasteiger charge is -2.10. The average molecular weight is 177 g/mol. The van der Waals surface area contributed by atoms with Gasteiger partial charge in [-0.2, -0.15) is 0 Å². The molecule has 62 valence electrons. The van der Waals surface area contributed by atoms with E-state index in [0.29, 0.717) is 6.54 Å². The second kappa shape index (κ2) is 3.09. The van der Waals surface area contributed by atoms with Gasteiger partial charge in [0.15, 0.2) is 0 Å². The fourth-order valence-corrected chi connectivity index (χ4v) is 1.03. The summed E-state index contributed by atoms with van der Waals surface area (Å²) in [6.07, 6.45) is 4.60. The highest BCUT2D eigenvalue weighted by molar-refractivity contribution is 7.46. The second-order valence-corrected chi connectivity index (χ2v) is 3.10. The van der Waals surface area contributed by atoms with Crippen LogP contribution in [0.4, 0.5) is 0 Å². The molecule has 0 atom stereocenters. The summed E-state index contributed by atoms with van der Waals surface area (Å²) >= 11 is 0. The number of dihydropyridines is 1. The lowest BCUT2D eigenvalue weighted by atomic mass is 10.4. The molecular weight excluding hydrogens is 169 g/mol. The first-order valence-electron chi connectivity index (χ1n) is 2.93. The monoisotopic (exact) mass is 177 g/mol. The number of allylic oxidation sites excluding steroid dienone is 1. The summed E-state index contributed by atoms with van der Waals surface area (Å²) in [5.74, 6) is 0.143. The summed E-state index contributed by atoms with van der Waals surface area (Å²) in [5, 5.41) is 2.74. The maximum Gasteiger partial charge on any atom is 0.524 e. The van der Waals surface area contributed by atoms with Crippen LogP contribution in [0.5, 0.6) is 0 Å². The van der Waals surface area contributed by atoms with Crippen LogP contribution in [-0.2, 0) is 9.09 Å². The molecule has 0 aromatic carbocycles. The third-order valence-electron chi connectivity index (χ3n) is 0.986. The fraction of sp³-hybridized carbons (Fsp3) is 0.200. The number of hydrogen-bond donors (Lipinski definition) is 3. The van der Waals surface area contributed by atoms with E-state index >= 15 is 0 Å². The van der Waals surface area contributed by atoms with Crippen molar-refractivity contribution < 1.29 is 18.9 Å². The maximum absolute atomic E-state index is 10.3. The van der Waals surface area contributed by atoms with Crippen LogP contribution in [0, 0.1) is 0 Å². The smallest absolute Gasteiger partial charge is 0.403 e. The van der Waals surface area contributed by atoms with E-state index in [1.807, 2.05) is 0 Å². The topological polar surface area (TPSA) is 78.8 Å². The molecule has 0 spiro atoms. The van der Waals surface area contributed by atoms with Gasteiger partial charge in [-0.25, -0.2) is 4.57 Å². The lowest BCUT2D eigenvalue weighted by Crippen LogP contribution is -2.09. The average Bonchev–Trinajstić information content (AvgIpc) is 1.85. The molecule has 6 heteroatoms. The minimum atomic E-state index is -4.39. The van der Waals surface area contributed by atoms with Crippen molar-refractivity contribution in [1.82, 2.24) is 5.32 Å². The number of nitrogens with one attached hydrogen (secondary N) is 1. The van der Waals surface area contributed by atoms with Gasteiger partial charge in [0.2, 0.25) is 0 Å². The van der Waals surface area contributed by atoms with Gasteiger partial charge in [0.25, 0.3) is 0 Å². The van der Waals surface area contributed by atoms with Crippen molar-refractivity contribution in [2.75, 3.05) is 6.54 Å². The van der Waals surface area contributed by atoms with Crippen LogP contribution in [-0.4, -0.2) is 16.3 Å². The SMILES string of the molecule is O=P(O)(O)OC1=CNCC=C1. The predicted molar refractivity (Wildman–Crippen MR) is 38.4 cm³/mol. The third kappa shape index (κ3) is 3.23. The van der Waals surface area contributed by atoms with Gasteiger partial charge in [0, 0.05) is 12.7 Å². The standard InChI is InChI=1S/C5H8NO4P/c7-11(8,9)10-5-2-1-3-6-4-5/h1-2,4,6H,3H2,(H2,7,8,9). The molecule has 0 saturated carbocycles. The molecule has 1 aliphatic rings. The Morgan fingerprint density at radius 3 is 2.82 bits per heavy atom. The summed E-state index contributed by atoms with van der Waals surface area (Å²) in [7, 11) is -4.39. The molecule has 0 amide bonds. The molecule has 1 heterocycles. The molecule has 0 radical (unpaired) electrons. The highest BCUT2D eigenvalue weighted by Gasteiger charge is 2.16. The van der Waals surface area contributed by atoms with Crippen LogP contribution < -0.4 is 5.32 Å². The molecule has 0 fully saturated rings. The van der Waals surface area contributed by atoms with Crippen LogP contribution in [0.2, 0.25) is 0 Å². The minimum absolute atomic E-state index is 0.143. The highest BCUT2D eigenvalue weighted by Crippen LogP contribution is 2.39. The van der Waals surface area contributed by atoms with Gasteiger partial charge in [-0.1, -0.05) is 6.08 Å². The van der Waals surface area contributed by atoms with E-state index in [-0.39, 0.29) is 5.76 Å². The van der Waals surface area contributed by atoms with Crippen LogP contribution in [0.3, 0.4) is 0 Å². The van der Waals surface area contributed by atoms with Gasteiger partial charge in [-0.3, -0.25) is 9.79 Å². The van der Waals surface area contributed by atoms with Gasteiger partial charge in [-0.05, 0) is 6.08 Å². The molecule has 0 aromatic heterocycles. The summed E-state index contributed by atoms with van der Waals surface area (Å²) in [5.41, 5.74) is 0. The highest BCUT2D eigenvalue weighted by atomic mass is 31.2. The Morgan fingerprint density at radius 1 is 1.64 bits per heavy atom. The quantitative estimate of drug-likeness (QED) is 0.521. The van der Waals surface area contributed by atoms with E-state index in [0.717, 1.165) is 0 Å². The molecule has 1 aliphatic heterocycles. The van der Waals surface area contributed by atoms with Gasteiger partial charge in [-0.15, -0.1) is 0 Å². The zero-order chi connectivity index (χ0) is 8.32. The predicted octanol–water partition coefficient (Wildman–Crippen LogP) is 0.0965. The number of phosphoric acid groups is 1. The second-order valence-electron chi connectivity index (χ2n) is 1.94. The van der Waals surface area contributed by atoms with Crippen LogP contribution in [0.25, 0.3) is 0 Å². The van der Waals surface area contributed by atoms with Crippen molar-refractivity contribution in [2.45, 2.75) is 0 Å². The van der Waals surface area contributed by atoms with Gasteiger partial charge < -0.3 is 9.84 Å². The zero-order valence-electron chi connectivity index (χ0n) is 5.60. The van der Waals surface area contributed by atoms with Gasteiger partial charge in [0.1, 0.15) is 5.76 Å². The summed E-state index contributed by atoms with van der Waals surface area (Å²) in [6, 6.07) is 0. The molecule has 0 aromatic rings. The van der Waals surface area contributed by atoms with Crippen molar-refractivity contribution in [3.8, 4) is 0 Å². The molecule has 11 heavy (non-hydrogen) atoms. The Kier molecular flexibility index (Phi) is 2.34.